The van der Waals surface area contributed by atoms with E-state index in [0.717, 1.165) is 11.3 Å². The standard InChI is InChI=1S/C15H20FN3O/c1-10-12(9-18-19(10)3)13(17-2)8-11-6-5-7-14(20-4)15(11)16/h5-7,9,13,17H,8H2,1-4H3. The van der Waals surface area contributed by atoms with Crippen LogP contribution in [-0.4, -0.2) is 23.9 Å². The van der Waals surface area contributed by atoms with E-state index in [0.29, 0.717) is 12.0 Å². The molecule has 1 aromatic carbocycles. The van der Waals surface area contributed by atoms with Crippen LogP contribution >= 0.6 is 0 Å². The molecule has 0 saturated carbocycles. The molecular formula is C15H20FN3O. The maximum absolute atomic E-state index is 14.2. The molecule has 2 rings (SSSR count). The average Bonchev–Trinajstić information content (AvgIpc) is 2.78. The van der Waals surface area contributed by atoms with Crippen LogP contribution in [0.4, 0.5) is 4.39 Å². The highest BCUT2D eigenvalue weighted by Crippen LogP contribution is 2.26. The molecule has 0 aliphatic heterocycles. The molecule has 0 bridgehead atoms. The Morgan fingerprint density at radius 3 is 2.75 bits per heavy atom. The quantitative estimate of drug-likeness (QED) is 0.912. The smallest absolute Gasteiger partial charge is 0.168 e. The van der Waals surface area contributed by atoms with Gasteiger partial charge in [0.2, 0.25) is 0 Å². The zero-order valence-corrected chi connectivity index (χ0v) is 12.3. The molecular weight excluding hydrogens is 257 g/mol. The SMILES string of the molecule is CNC(Cc1cccc(OC)c1F)c1cnn(C)c1C. The van der Waals surface area contributed by atoms with Crippen LogP contribution in [0.15, 0.2) is 24.4 Å². The van der Waals surface area contributed by atoms with Gasteiger partial charge in [0.05, 0.1) is 13.3 Å². The molecule has 1 aromatic heterocycles. The van der Waals surface area contributed by atoms with Crippen molar-refractivity contribution >= 4 is 0 Å². The maximum atomic E-state index is 14.2. The Hall–Kier alpha value is -1.88. The van der Waals surface area contributed by atoms with E-state index in [1.165, 1.54) is 7.11 Å². The van der Waals surface area contributed by atoms with Crippen LogP contribution in [0.5, 0.6) is 5.75 Å². The second-order valence-electron chi connectivity index (χ2n) is 4.79. The third-order valence-electron chi connectivity index (χ3n) is 3.68. The lowest BCUT2D eigenvalue weighted by atomic mass is 9.99. The molecule has 1 heterocycles. The Labute approximate surface area is 118 Å². The number of likely N-dealkylation sites (N-methyl/N-ethyl adjacent to an activating group) is 1. The third-order valence-corrected chi connectivity index (χ3v) is 3.68. The van der Waals surface area contributed by atoms with Crippen molar-refractivity contribution in [3.8, 4) is 5.75 Å². The van der Waals surface area contributed by atoms with Crippen LogP contribution in [0.1, 0.15) is 22.9 Å². The van der Waals surface area contributed by atoms with E-state index in [9.17, 15) is 4.39 Å². The predicted octanol–water partition coefficient (Wildman–Crippen LogP) is 2.38. The van der Waals surface area contributed by atoms with E-state index in [1.807, 2.05) is 31.9 Å². The summed E-state index contributed by atoms with van der Waals surface area (Å²) in [6.07, 6.45) is 2.38. The molecule has 20 heavy (non-hydrogen) atoms. The fourth-order valence-electron chi connectivity index (χ4n) is 2.32. The average molecular weight is 277 g/mol. The molecule has 108 valence electrons. The van der Waals surface area contributed by atoms with Gasteiger partial charge in [-0.15, -0.1) is 0 Å². The fraction of sp³-hybridized carbons (Fsp3) is 0.400. The van der Waals surface area contributed by atoms with Gasteiger partial charge < -0.3 is 10.1 Å². The molecule has 0 aliphatic rings. The molecule has 1 N–H and O–H groups in total. The normalized spacial score (nSPS) is 12.4. The second-order valence-corrected chi connectivity index (χ2v) is 4.79. The minimum Gasteiger partial charge on any atom is -0.494 e. The summed E-state index contributed by atoms with van der Waals surface area (Å²) >= 11 is 0. The van der Waals surface area contributed by atoms with Crippen molar-refractivity contribution in [3.05, 3.63) is 47.0 Å². The van der Waals surface area contributed by atoms with Gasteiger partial charge in [-0.2, -0.15) is 5.10 Å². The molecule has 2 aromatic rings. The Balaban J connectivity index is 2.29. The molecule has 0 saturated heterocycles. The predicted molar refractivity (Wildman–Crippen MR) is 76.4 cm³/mol. The lowest BCUT2D eigenvalue weighted by Crippen LogP contribution is -2.20. The van der Waals surface area contributed by atoms with Gasteiger partial charge in [-0.25, -0.2) is 4.39 Å². The van der Waals surface area contributed by atoms with Gasteiger partial charge >= 0.3 is 0 Å². The highest BCUT2D eigenvalue weighted by atomic mass is 19.1. The molecule has 0 fully saturated rings. The van der Waals surface area contributed by atoms with Gasteiger partial charge in [-0.05, 0) is 32.0 Å². The number of methoxy groups -OCH3 is 1. The Kier molecular flexibility index (Phi) is 4.39. The van der Waals surface area contributed by atoms with Gasteiger partial charge in [0, 0.05) is 24.3 Å². The van der Waals surface area contributed by atoms with Gasteiger partial charge in [0.25, 0.3) is 0 Å². The number of nitrogens with one attached hydrogen (secondary N) is 1. The number of halogens is 1. The summed E-state index contributed by atoms with van der Waals surface area (Å²) < 4.78 is 21.1. The molecule has 0 aliphatic carbocycles. The molecule has 0 amide bonds. The summed E-state index contributed by atoms with van der Waals surface area (Å²) in [5.74, 6) is -0.0166. The third kappa shape index (κ3) is 2.67. The highest BCUT2D eigenvalue weighted by molar-refractivity contribution is 5.33. The van der Waals surface area contributed by atoms with Crippen molar-refractivity contribution < 1.29 is 9.13 Å². The summed E-state index contributed by atoms with van der Waals surface area (Å²) in [4.78, 5) is 0. The number of benzene rings is 1. The number of hydrogen-bond acceptors (Lipinski definition) is 3. The number of aromatic nitrogens is 2. The van der Waals surface area contributed by atoms with Crippen LogP contribution in [-0.2, 0) is 13.5 Å². The zero-order chi connectivity index (χ0) is 14.7. The first-order valence-corrected chi connectivity index (χ1v) is 6.55. The number of nitrogens with zero attached hydrogens (tertiary/aromatic N) is 2. The van der Waals surface area contributed by atoms with Crippen molar-refractivity contribution in [2.24, 2.45) is 7.05 Å². The van der Waals surface area contributed by atoms with Crippen LogP contribution in [0.25, 0.3) is 0 Å². The Morgan fingerprint density at radius 2 is 2.20 bits per heavy atom. The van der Waals surface area contributed by atoms with Crippen LogP contribution < -0.4 is 10.1 Å². The number of ether oxygens (including phenoxy) is 1. The van der Waals surface area contributed by atoms with Crippen molar-refractivity contribution in [2.75, 3.05) is 14.2 Å². The van der Waals surface area contributed by atoms with Gasteiger partial charge in [-0.1, -0.05) is 12.1 Å². The lowest BCUT2D eigenvalue weighted by molar-refractivity contribution is 0.383. The fourth-order valence-corrected chi connectivity index (χ4v) is 2.32. The maximum Gasteiger partial charge on any atom is 0.168 e. The monoisotopic (exact) mass is 277 g/mol. The summed E-state index contributed by atoms with van der Waals surface area (Å²) in [7, 11) is 5.25. The lowest BCUT2D eigenvalue weighted by Gasteiger charge is -2.17. The van der Waals surface area contributed by atoms with Crippen LogP contribution in [0.2, 0.25) is 0 Å². The van der Waals surface area contributed by atoms with E-state index >= 15 is 0 Å². The van der Waals surface area contributed by atoms with Crippen molar-refractivity contribution in [2.45, 2.75) is 19.4 Å². The minimum atomic E-state index is -0.295. The summed E-state index contributed by atoms with van der Waals surface area (Å²) in [5, 5.41) is 7.47. The van der Waals surface area contributed by atoms with Gasteiger partial charge in [0.15, 0.2) is 11.6 Å². The number of aryl methyl sites for hydroxylation is 1. The number of hydrogen-bond donors (Lipinski definition) is 1. The Morgan fingerprint density at radius 1 is 1.45 bits per heavy atom. The zero-order valence-electron chi connectivity index (χ0n) is 12.3. The van der Waals surface area contributed by atoms with Crippen molar-refractivity contribution in [1.29, 1.82) is 0 Å². The first kappa shape index (κ1) is 14.5. The second kappa shape index (κ2) is 6.05. The Bertz CT molecular complexity index is 595. The summed E-state index contributed by atoms with van der Waals surface area (Å²) in [6, 6.07) is 5.24. The molecule has 0 spiro atoms. The number of rotatable bonds is 5. The van der Waals surface area contributed by atoms with E-state index in [-0.39, 0.29) is 17.6 Å². The van der Waals surface area contributed by atoms with Crippen LogP contribution in [0, 0.1) is 12.7 Å². The summed E-state index contributed by atoms with van der Waals surface area (Å²) in [6.45, 7) is 2.01. The highest BCUT2D eigenvalue weighted by Gasteiger charge is 2.18. The van der Waals surface area contributed by atoms with E-state index < -0.39 is 0 Å². The van der Waals surface area contributed by atoms with Crippen LogP contribution in [0.3, 0.4) is 0 Å². The first-order chi connectivity index (χ1) is 9.58. The van der Waals surface area contributed by atoms with Gasteiger partial charge in [-0.3, -0.25) is 4.68 Å². The molecule has 0 radical (unpaired) electrons. The van der Waals surface area contributed by atoms with Crippen molar-refractivity contribution in [1.82, 2.24) is 15.1 Å². The largest absolute Gasteiger partial charge is 0.494 e. The van der Waals surface area contributed by atoms with Gasteiger partial charge in [0.1, 0.15) is 0 Å². The molecule has 1 atom stereocenters. The molecule has 4 nitrogen and oxygen atoms in total. The molecule has 5 heteroatoms. The van der Waals surface area contributed by atoms with Crippen molar-refractivity contribution in [3.63, 3.8) is 0 Å². The first-order valence-electron chi connectivity index (χ1n) is 6.55. The van der Waals surface area contributed by atoms with E-state index in [2.05, 4.69) is 10.4 Å². The van der Waals surface area contributed by atoms with E-state index in [1.54, 1.807) is 18.2 Å². The summed E-state index contributed by atoms with van der Waals surface area (Å²) in [5.41, 5.74) is 2.79. The topological polar surface area (TPSA) is 39.1 Å². The molecule has 1 unspecified atom stereocenters. The minimum absolute atomic E-state index is 0.0188. The van der Waals surface area contributed by atoms with E-state index in [4.69, 9.17) is 4.74 Å².